The molecule has 0 saturated heterocycles. The van der Waals surface area contributed by atoms with Crippen molar-refractivity contribution in [3.8, 4) is 0 Å². The molecule has 0 saturated carbocycles. The smallest absolute Gasteiger partial charge is 0.135 e. The average Bonchev–Trinajstić information content (AvgIpc) is 2.27. The third-order valence-electron chi connectivity index (χ3n) is 2.86. The first-order valence-electron chi connectivity index (χ1n) is 6.46. The maximum absolute atomic E-state index is 9.06. The largest absolute Gasteiger partial charge is 0.396 e. The quantitative estimate of drug-likeness (QED) is 0.721. The van der Waals surface area contributed by atoms with Crippen molar-refractivity contribution in [2.24, 2.45) is 5.92 Å². The second-order valence-corrected chi connectivity index (χ2v) is 5.20. The van der Waals surface area contributed by atoms with Crippen molar-refractivity contribution in [2.45, 2.75) is 46.1 Å². The molecule has 0 bridgehead atoms. The molecule has 0 radical (unpaired) electrons. The highest BCUT2D eigenvalue weighted by atomic mass is 16.3. The van der Waals surface area contributed by atoms with Crippen LogP contribution in [0, 0.1) is 5.92 Å². The Bertz CT molecular complexity index is 379. The van der Waals surface area contributed by atoms with Crippen molar-refractivity contribution in [1.82, 2.24) is 9.97 Å². The van der Waals surface area contributed by atoms with E-state index in [4.69, 9.17) is 10.8 Å². The summed E-state index contributed by atoms with van der Waals surface area (Å²) in [6, 6.07) is 1.92. The summed E-state index contributed by atoms with van der Waals surface area (Å²) >= 11 is 0. The summed E-state index contributed by atoms with van der Waals surface area (Å²) in [5, 5.41) is 12.4. The lowest BCUT2D eigenvalue weighted by molar-refractivity contribution is 0.267. The van der Waals surface area contributed by atoms with Gasteiger partial charge in [0.2, 0.25) is 0 Å². The summed E-state index contributed by atoms with van der Waals surface area (Å²) in [6.07, 6.45) is 0.693. The van der Waals surface area contributed by atoms with Crippen LogP contribution < -0.4 is 11.1 Å². The van der Waals surface area contributed by atoms with E-state index in [1.54, 1.807) is 6.07 Å². The van der Waals surface area contributed by atoms with E-state index >= 15 is 0 Å². The monoisotopic (exact) mass is 252 g/mol. The molecule has 1 unspecified atom stereocenters. The van der Waals surface area contributed by atoms with Gasteiger partial charge in [-0.25, -0.2) is 9.97 Å². The van der Waals surface area contributed by atoms with E-state index in [2.05, 4.69) is 29.1 Å². The standard InChI is InChI=1S/C13H24N4O/c1-8(2)10(5-6-18)15-12-7-11(14)16-13(17-12)9(3)4/h7-10,18H,5-6H2,1-4H3,(H3,14,15,16,17). The first kappa shape index (κ1) is 14.7. The van der Waals surface area contributed by atoms with E-state index in [0.717, 1.165) is 11.6 Å². The topological polar surface area (TPSA) is 84.1 Å². The second kappa shape index (κ2) is 6.54. The molecule has 0 aliphatic carbocycles. The molecule has 0 aliphatic rings. The van der Waals surface area contributed by atoms with E-state index in [9.17, 15) is 0 Å². The lowest BCUT2D eigenvalue weighted by atomic mass is 10.0. The number of aliphatic hydroxyl groups excluding tert-OH is 1. The highest BCUT2D eigenvalue weighted by Crippen LogP contribution is 2.18. The number of nitrogens with zero attached hydrogens (tertiary/aromatic N) is 2. The first-order valence-corrected chi connectivity index (χ1v) is 6.46. The highest BCUT2D eigenvalue weighted by molar-refractivity contribution is 5.45. The zero-order valence-corrected chi connectivity index (χ0v) is 11.6. The summed E-state index contributed by atoms with van der Waals surface area (Å²) in [4.78, 5) is 8.66. The van der Waals surface area contributed by atoms with Crippen molar-refractivity contribution >= 4 is 11.6 Å². The fourth-order valence-electron chi connectivity index (χ4n) is 1.72. The second-order valence-electron chi connectivity index (χ2n) is 5.20. The van der Waals surface area contributed by atoms with Crippen molar-refractivity contribution in [1.29, 1.82) is 0 Å². The zero-order valence-electron chi connectivity index (χ0n) is 11.6. The van der Waals surface area contributed by atoms with Gasteiger partial charge < -0.3 is 16.2 Å². The van der Waals surface area contributed by atoms with Crippen LogP contribution in [0.4, 0.5) is 11.6 Å². The van der Waals surface area contributed by atoms with Crippen LogP contribution in [0.25, 0.3) is 0 Å². The van der Waals surface area contributed by atoms with Crippen LogP contribution in [0.3, 0.4) is 0 Å². The van der Waals surface area contributed by atoms with Crippen molar-refractivity contribution in [3.05, 3.63) is 11.9 Å². The highest BCUT2D eigenvalue weighted by Gasteiger charge is 2.14. The van der Waals surface area contributed by atoms with Gasteiger partial charge in [0, 0.05) is 24.6 Å². The minimum absolute atomic E-state index is 0.160. The first-order chi connectivity index (χ1) is 8.43. The van der Waals surface area contributed by atoms with E-state index in [-0.39, 0.29) is 18.6 Å². The molecule has 1 rings (SSSR count). The predicted octanol–water partition coefficient (Wildman–Crippen LogP) is 2.00. The molecule has 5 heteroatoms. The molecule has 1 aromatic rings. The van der Waals surface area contributed by atoms with Gasteiger partial charge in [-0.3, -0.25) is 0 Å². The number of nitrogen functional groups attached to an aromatic ring is 1. The molecular formula is C13H24N4O. The Morgan fingerprint density at radius 2 is 1.94 bits per heavy atom. The third kappa shape index (κ3) is 4.14. The van der Waals surface area contributed by atoms with Gasteiger partial charge in [0.1, 0.15) is 17.5 Å². The van der Waals surface area contributed by atoms with Gasteiger partial charge in [0.05, 0.1) is 0 Å². The van der Waals surface area contributed by atoms with Crippen LogP contribution in [-0.2, 0) is 0 Å². The number of rotatable bonds is 6. The van der Waals surface area contributed by atoms with E-state index in [1.165, 1.54) is 0 Å². The molecule has 5 nitrogen and oxygen atoms in total. The summed E-state index contributed by atoms with van der Waals surface area (Å²) in [6.45, 7) is 8.45. The van der Waals surface area contributed by atoms with Crippen molar-refractivity contribution in [3.63, 3.8) is 0 Å². The number of nitrogens with one attached hydrogen (secondary N) is 1. The molecule has 0 amide bonds. The third-order valence-corrected chi connectivity index (χ3v) is 2.86. The molecule has 0 aromatic carbocycles. The number of aromatic nitrogens is 2. The fraction of sp³-hybridized carbons (Fsp3) is 0.692. The maximum atomic E-state index is 9.06. The van der Waals surface area contributed by atoms with Crippen LogP contribution in [0.5, 0.6) is 0 Å². The molecule has 0 fully saturated rings. The van der Waals surface area contributed by atoms with Gasteiger partial charge in [-0.2, -0.15) is 0 Å². The molecule has 1 atom stereocenters. The Balaban J connectivity index is 2.88. The van der Waals surface area contributed by atoms with Crippen LogP contribution in [0.15, 0.2) is 6.07 Å². The van der Waals surface area contributed by atoms with Crippen LogP contribution >= 0.6 is 0 Å². The Labute approximate surface area is 109 Å². The van der Waals surface area contributed by atoms with Gasteiger partial charge in [-0.05, 0) is 12.3 Å². The average molecular weight is 252 g/mol. The molecule has 0 aliphatic heterocycles. The Hall–Kier alpha value is -1.36. The van der Waals surface area contributed by atoms with Gasteiger partial charge in [0.25, 0.3) is 0 Å². The van der Waals surface area contributed by atoms with E-state index in [1.807, 2.05) is 13.8 Å². The molecule has 1 aromatic heterocycles. The lowest BCUT2D eigenvalue weighted by Gasteiger charge is -2.22. The maximum Gasteiger partial charge on any atom is 0.135 e. The number of nitrogens with two attached hydrogens (primary N) is 1. The Morgan fingerprint density at radius 1 is 1.28 bits per heavy atom. The van der Waals surface area contributed by atoms with Crippen LogP contribution in [0.1, 0.15) is 45.9 Å². The number of aliphatic hydroxyl groups is 1. The summed E-state index contributed by atoms with van der Waals surface area (Å²) in [5.41, 5.74) is 5.78. The zero-order chi connectivity index (χ0) is 13.7. The molecule has 102 valence electrons. The van der Waals surface area contributed by atoms with Crippen molar-refractivity contribution < 1.29 is 5.11 Å². The Morgan fingerprint density at radius 3 is 2.44 bits per heavy atom. The normalized spacial score (nSPS) is 13.1. The van der Waals surface area contributed by atoms with Gasteiger partial charge >= 0.3 is 0 Å². The van der Waals surface area contributed by atoms with Crippen LogP contribution in [-0.4, -0.2) is 27.7 Å². The molecular weight excluding hydrogens is 228 g/mol. The molecule has 4 N–H and O–H groups in total. The SMILES string of the molecule is CC(C)c1nc(N)cc(NC(CCO)C(C)C)n1. The minimum atomic E-state index is 0.160. The minimum Gasteiger partial charge on any atom is -0.396 e. The summed E-state index contributed by atoms with van der Waals surface area (Å²) in [5.74, 6) is 2.60. The summed E-state index contributed by atoms with van der Waals surface area (Å²) in [7, 11) is 0. The fourth-order valence-corrected chi connectivity index (χ4v) is 1.72. The number of hydrogen-bond donors (Lipinski definition) is 3. The van der Waals surface area contributed by atoms with Crippen molar-refractivity contribution in [2.75, 3.05) is 17.7 Å². The van der Waals surface area contributed by atoms with Crippen LogP contribution in [0.2, 0.25) is 0 Å². The molecule has 1 heterocycles. The summed E-state index contributed by atoms with van der Waals surface area (Å²) < 4.78 is 0. The van der Waals surface area contributed by atoms with E-state index < -0.39 is 0 Å². The van der Waals surface area contributed by atoms with Gasteiger partial charge in [0.15, 0.2) is 0 Å². The Kier molecular flexibility index (Phi) is 5.34. The molecule has 18 heavy (non-hydrogen) atoms. The number of hydrogen-bond acceptors (Lipinski definition) is 5. The van der Waals surface area contributed by atoms with Gasteiger partial charge in [-0.15, -0.1) is 0 Å². The predicted molar refractivity (Wildman–Crippen MR) is 74.5 cm³/mol. The number of anilines is 2. The molecule has 0 spiro atoms. The van der Waals surface area contributed by atoms with E-state index in [0.29, 0.717) is 18.2 Å². The van der Waals surface area contributed by atoms with Gasteiger partial charge in [-0.1, -0.05) is 27.7 Å². The lowest BCUT2D eigenvalue weighted by Crippen LogP contribution is -2.27.